The number of nitrogens with two attached hydrogens (primary N) is 1. The lowest BCUT2D eigenvalue weighted by Gasteiger charge is -2.24. The molecule has 1 aliphatic carbocycles. The van der Waals surface area contributed by atoms with Crippen LogP contribution in [0.2, 0.25) is 0 Å². The van der Waals surface area contributed by atoms with E-state index >= 15 is 0 Å². The van der Waals surface area contributed by atoms with Crippen LogP contribution in [0.25, 0.3) is 0 Å². The van der Waals surface area contributed by atoms with Gasteiger partial charge in [0.25, 0.3) is 0 Å². The number of hydrogen-bond donors (Lipinski definition) is 1. The first kappa shape index (κ1) is 9.90. The summed E-state index contributed by atoms with van der Waals surface area (Å²) in [7, 11) is 0. The third-order valence-electron chi connectivity index (χ3n) is 2.75. The van der Waals surface area contributed by atoms with Crippen LogP contribution in [0.1, 0.15) is 39.5 Å². The molecule has 0 heterocycles. The van der Waals surface area contributed by atoms with Crippen LogP contribution in [-0.2, 0) is 0 Å². The Balaban J connectivity index is 2.46. The van der Waals surface area contributed by atoms with Crippen molar-refractivity contribution in [2.75, 3.05) is 0 Å². The Morgan fingerprint density at radius 1 is 1.50 bits per heavy atom. The van der Waals surface area contributed by atoms with Crippen molar-refractivity contribution in [2.45, 2.75) is 51.0 Å². The minimum absolute atomic E-state index is 0.250. The van der Waals surface area contributed by atoms with Crippen molar-refractivity contribution in [3.8, 4) is 0 Å². The summed E-state index contributed by atoms with van der Waals surface area (Å²) in [4.78, 5) is 0. The molecule has 72 valence electrons. The monoisotopic (exact) mass is 177 g/mol. The van der Waals surface area contributed by atoms with Gasteiger partial charge in [0, 0.05) is 11.5 Å². The van der Waals surface area contributed by atoms with E-state index < -0.39 is 11.8 Å². The molecule has 1 saturated carbocycles. The maximum absolute atomic E-state index is 12.9. The molecule has 0 spiro atoms. The molecule has 0 bridgehead atoms. The largest absolute Gasteiger partial charge is 0.325 e. The molecule has 0 aliphatic heterocycles. The lowest BCUT2D eigenvalue weighted by molar-refractivity contribution is -0.0474. The standard InChI is InChI=1S/C9H17F2N/c1-3-7(8(2,10)11)6-9(12)4-5-9/h7H,3-6,12H2,1-2H3. The smallest absolute Gasteiger partial charge is 0.248 e. The quantitative estimate of drug-likeness (QED) is 0.701. The van der Waals surface area contributed by atoms with Gasteiger partial charge < -0.3 is 5.73 Å². The third kappa shape index (κ3) is 2.41. The van der Waals surface area contributed by atoms with Crippen LogP contribution in [0.15, 0.2) is 0 Å². The molecule has 1 rings (SSSR count). The third-order valence-corrected chi connectivity index (χ3v) is 2.75. The number of alkyl halides is 2. The first-order chi connectivity index (χ1) is 5.37. The first-order valence-corrected chi connectivity index (χ1v) is 4.54. The molecule has 2 N–H and O–H groups in total. The molecule has 3 heteroatoms. The van der Waals surface area contributed by atoms with Gasteiger partial charge in [0.15, 0.2) is 0 Å². The second kappa shape index (κ2) is 2.95. The predicted molar refractivity (Wildman–Crippen MR) is 45.2 cm³/mol. The Labute approximate surface area is 72.3 Å². The van der Waals surface area contributed by atoms with E-state index in [1.807, 2.05) is 0 Å². The zero-order chi connectivity index (χ0) is 9.41. The predicted octanol–water partition coefficient (Wildman–Crippen LogP) is 2.55. The Kier molecular flexibility index (Phi) is 2.43. The summed E-state index contributed by atoms with van der Waals surface area (Å²) >= 11 is 0. The van der Waals surface area contributed by atoms with Gasteiger partial charge in [0.05, 0.1) is 0 Å². The molecule has 1 fully saturated rings. The minimum Gasteiger partial charge on any atom is -0.325 e. The van der Waals surface area contributed by atoms with E-state index in [4.69, 9.17) is 5.73 Å². The zero-order valence-electron chi connectivity index (χ0n) is 7.74. The van der Waals surface area contributed by atoms with Gasteiger partial charge in [-0.2, -0.15) is 0 Å². The van der Waals surface area contributed by atoms with Crippen molar-refractivity contribution in [1.82, 2.24) is 0 Å². The summed E-state index contributed by atoms with van der Waals surface area (Å²) in [6, 6.07) is 0. The normalized spacial score (nSPS) is 23.8. The van der Waals surface area contributed by atoms with Crippen LogP contribution in [0.5, 0.6) is 0 Å². The van der Waals surface area contributed by atoms with Crippen molar-refractivity contribution in [2.24, 2.45) is 11.7 Å². The molecule has 0 radical (unpaired) electrons. The average Bonchev–Trinajstić information content (AvgIpc) is 2.62. The maximum Gasteiger partial charge on any atom is 0.248 e. The zero-order valence-corrected chi connectivity index (χ0v) is 7.74. The fourth-order valence-electron chi connectivity index (χ4n) is 1.54. The second-order valence-corrected chi connectivity index (χ2v) is 4.13. The van der Waals surface area contributed by atoms with Crippen LogP contribution in [0, 0.1) is 5.92 Å². The van der Waals surface area contributed by atoms with Gasteiger partial charge in [-0.1, -0.05) is 6.92 Å². The number of halogens is 2. The molecule has 1 nitrogen and oxygen atoms in total. The van der Waals surface area contributed by atoms with Crippen molar-refractivity contribution in [1.29, 1.82) is 0 Å². The van der Waals surface area contributed by atoms with Gasteiger partial charge in [-0.15, -0.1) is 0 Å². The van der Waals surface area contributed by atoms with E-state index in [-0.39, 0.29) is 5.54 Å². The summed E-state index contributed by atoms with van der Waals surface area (Å²) in [5.41, 5.74) is 5.54. The summed E-state index contributed by atoms with van der Waals surface area (Å²) < 4.78 is 25.8. The van der Waals surface area contributed by atoms with Crippen molar-refractivity contribution in [3.63, 3.8) is 0 Å². The Morgan fingerprint density at radius 2 is 2.00 bits per heavy atom. The summed E-state index contributed by atoms with van der Waals surface area (Å²) in [5.74, 6) is -3.10. The lowest BCUT2D eigenvalue weighted by Crippen LogP contribution is -2.33. The molecule has 0 saturated heterocycles. The summed E-state index contributed by atoms with van der Waals surface area (Å²) in [5, 5.41) is 0. The first-order valence-electron chi connectivity index (χ1n) is 4.54. The van der Waals surface area contributed by atoms with E-state index in [1.165, 1.54) is 0 Å². The van der Waals surface area contributed by atoms with E-state index in [0.717, 1.165) is 19.8 Å². The van der Waals surface area contributed by atoms with Gasteiger partial charge in [-0.3, -0.25) is 0 Å². The molecular formula is C9H17F2N. The number of rotatable bonds is 4. The van der Waals surface area contributed by atoms with E-state index in [9.17, 15) is 8.78 Å². The van der Waals surface area contributed by atoms with Crippen molar-refractivity contribution >= 4 is 0 Å². The highest BCUT2D eigenvalue weighted by molar-refractivity contribution is 5.00. The average molecular weight is 177 g/mol. The number of hydrogen-bond acceptors (Lipinski definition) is 1. The Bertz CT molecular complexity index is 158. The van der Waals surface area contributed by atoms with Crippen LogP contribution in [0.3, 0.4) is 0 Å². The van der Waals surface area contributed by atoms with Crippen molar-refractivity contribution in [3.05, 3.63) is 0 Å². The molecule has 12 heavy (non-hydrogen) atoms. The Hall–Kier alpha value is -0.180. The SMILES string of the molecule is CCC(CC1(N)CC1)C(C)(F)F. The summed E-state index contributed by atoms with van der Waals surface area (Å²) in [6.45, 7) is 2.79. The van der Waals surface area contributed by atoms with Gasteiger partial charge in [0.1, 0.15) is 0 Å². The topological polar surface area (TPSA) is 26.0 Å². The molecule has 1 unspecified atom stereocenters. The van der Waals surface area contributed by atoms with Gasteiger partial charge >= 0.3 is 0 Å². The van der Waals surface area contributed by atoms with Gasteiger partial charge in [-0.25, -0.2) is 8.78 Å². The summed E-state index contributed by atoms with van der Waals surface area (Å²) in [6.07, 6.45) is 2.83. The van der Waals surface area contributed by atoms with Crippen LogP contribution in [-0.4, -0.2) is 11.5 Å². The molecule has 0 amide bonds. The molecule has 0 aromatic heterocycles. The minimum atomic E-state index is -2.57. The van der Waals surface area contributed by atoms with Crippen LogP contribution < -0.4 is 5.73 Å². The highest BCUT2D eigenvalue weighted by atomic mass is 19.3. The van der Waals surface area contributed by atoms with E-state index in [0.29, 0.717) is 12.8 Å². The van der Waals surface area contributed by atoms with E-state index in [2.05, 4.69) is 0 Å². The molecule has 0 aromatic carbocycles. The van der Waals surface area contributed by atoms with E-state index in [1.54, 1.807) is 6.92 Å². The highest BCUT2D eigenvalue weighted by Crippen LogP contribution is 2.43. The van der Waals surface area contributed by atoms with Crippen LogP contribution in [0.4, 0.5) is 8.78 Å². The fraction of sp³-hybridized carbons (Fsp3) is 1.00. The van der Waals surface area contributed by atoms with Gasteiger partial charge in [-0.05, 0) is 32.6 Å². The molecule has 0 aromatic rings. The molecular weight excluding hydrogens is 160 g/mol. The molecule has 1 atom stereocenters. The molecule has 1 aliphatic rings. The van der Waals surface area contributed by atoms with Crippen LogP contribution >= 0.6 is 0 Å². The maximum atomic E-state index is 12.9. The van der Waals surface area contributed by atoms with Gasteiger partial charge in [0.2, 0.25) is 5.92 Å². The Morgan fingerprint density at radius 3 is 2.25 bits per heavy atom. The second-order valence-electron chi connectivity index (χ2n) is 4.13. The van der Waals surface area contributed by atoms with Crippen molar-refractivity contribution < 1.29 is 8.78 Å². The lowest BCUT2D eigenvalue weighted by atomic mass is 9.91. The highest BCUT2D eigenvalue weighted by Gasteiger charge is 2.45. The fourth-order valence-corrected chi connectivity index (χ4v) is 1.54.